The normalized spacial score (nSPS) is 11.6. The van der Waals surface area contributed by atoms with Gasteiger partial charge in [0.25, 0.3) is 5.69 Å². The molecule has 0 amide bonds. The first-order valence-corrected chi connectivity index (χ1v) is 8.32. The van der Waals surface area contributed by atoms with Crippen LogP contribution in [0.15, 0.2) is 83.9 Å². The highest BCUT2D eigenvalue weighted by molar-refractivity contribution is 6.21. The van der Waals surface area contributed by atoms with Gasteiger partial charge in [-0.05, 0) is 18.2 Å². The van der Waals surface area contributed by atoms with E-state index in [-0.39, 0.29) is 11.6 Å². The molecule has 27 heavy (non-hydrogen) atoms. The Bertz CT molecular complexity index is 1150. The van der Waals surface area contributed by atoms with E-state index < -0.39 is 4.92 Å². The zero-order valence-electron chi connectivity index (χ0n) is 14.2. The van der Waals surface area contributed by atoms with Crippen LogP contribution in [-0.2, 0) is 0 Å². The van der Waals surface area contributed by atoms with E-state index in [0.717, 1.165) is 16.5 Å². The molecule has 0 atom stereocenters. The summed E-state index contributed by atoms with van der Waals surface area (Å²) in [6.07, 6.45) is 0. The van der Waals surface area contributed by atoms with Crippen molar-refractivity contribution in [3.8, 4) is 5.88 Å². The Kier molecular flexibility index (Phi) is 4.14. The monoisotopic (exact) mass is 357 g/mol. The van der Waals surface area contributed by atoms with Gasteiger partial charge in [-0.15, -0.1) is 0 Å². The van der Waals surface area contributed by atoms with Crippen molar-refractivity contribution < 1.29 is 10.0 Å². The van der Waals surface area contributed by atoms with Gasteiger partial charge in [-0.1, -0.05) is 48.5 Å². The highest BCUT2D eigenvalue weighted by atomic mass is 16.6. The summed E-state index contributed by atoms with van der Waals surface area (Å²) in [6, 6.07) is 23.1. The number of aromatic amines is 1. The lowest BCUT2D eigenvalue weighted by Crippen LogP contribution is -2.02. The summed E-state index contributed by atoms with van der Waals surface area (Å²) in [5.74, 6) is 0.0284. The Morgan fingerprint density at radius 3 is 2.30 bits per heavy atom. The van der Waals surface area contributed by atoms with E-state index in [1.807, 2.05) is 54.6 Å². The molecule has 1 aromatic heterocycles. The maximum Gasteiger partial charge on any atom is 0.269 e. The number of aromatic nitrogens is 1. The maximum atomic E-state index is 10.9. The van der Waals surface area contributed by atoms with Gasteiger partial charge in [-0.2, -0.15) is 0 Å². The standard InChI is InChI=1S/C21H15N3O3/c25-21-19(17-8-4-5-9-18(17)23-21)20(14-6-2-1-3-7-14)22-15-10-12-16(13-11-15)24(26)27/h1-13,23,25H. The molecule has 2 N–H and O–H groups in total. The van der Waals surface area contributed by atoms with E-state index >= 15 is 0 Å². The summed E-state index contributed by atoms with van der Waals surface area (Å²) in [5, 5.41) is 22.2. The van der Waals surface area contributed by atoms with E-state index in [1.54, 1.807) is 12.1 Å². The van der Waals surface area contributed by atoms with Gasteiger partial charge in [-0.3, -0.25) is 10.1 Å². The number of benzene rings is 3. The first-order valence-electron chi connectivity index (χ1n) is 8.32. The average molecular weight is 357 g/mol. The van der Waals surface area contributed by atoms with Gasteiger partial charge in [0.1, 0.15) is 0 Å². The fraction of sp³-hybridized carbons (Fsp3) is 0. The van der Waals surface area contributed by atoms with Crippen LogP contribution in [0.5, 0.6) is 5.88 Å². The van der Waals surface area contributed by atoms with Crippen LogP contribution in [0.25, 0.3) is 10.9 Å². The smallest absolute Gasteiger partial charge is 0.269 e. The van der Waals surface area contributed by atoms with Crippen LogP contribution in [0, 0.1) is 10.1 Å². The molecular formula is C21H15N3O3. The third-order valence-corrected chi connectivity index (χ3v) is 4.27. The van der Waals surface area contributed by atoms with Gasteiger partial charge in [0.2, 0.25) is 0 Å². The minimum Gasteiger partial charge on any atom is -0.494 e. The van der Waals surface area contributed by atoms with Crippen LogP contribution < -0.4 is 0 Å². The number of hydrogen-bond donors (Lipinski definition) is 2. The molecular weight excluding hydrogens is 342 g/mol. The molecule has 0 bridgehead atoms. The second-order valence-corrected chi connectivity index (χ2v) is 5.99. The number of nitro benzene ring substituents is 1. The number of nitrogens with one attached hydrogen (secondary N) is 1. The number of fused-ring (bicyclic) bond motifs is 1. The van der Waals surface area contributed by atoms with Crippen molar-refractivity contribution in [1.29, 1.82) is 0 Å². The Morgan fingerprint density at radius 1 is 0.926 bits per heavy atom. The summed E-state index contributed by atoms with van der Waals surface area (Å²) in [6.45, 7) is 0. The van der Waals surface area contributed by atoms with E-state index in [1.165, 1.54) is 12.1 Å². The molecule has 0 aliphatic carbocycles. The Morgan fingerprint density at radius 2 is 1.59 bits per heavy atom. The Balaban J connectivity index is 1.92. The summed E-state index contributed by atoms with van der Waals surface area (Å²) in [4.78, 5) is 18.1. The van der Waals surface area contributed by atoms with Crippen LogP contribution in [0.3, 0.4) is 0 Å². The second kappa shape index (κ2) is 6.76. The largest absolute Gasteiger partial charge is 0.494 e. The molecule has 0 unspecified atom stereocenters. The molecule has 6 heteroatoms. The number of aromatic hydroxyl groups is 1. The van der Waals surface area contributed by atoms with Gasteiger partial charge < -0.3 is 10.1 Å². The lowest BCUT2D eigenvalue weighted by molar-refractivity contribution is -0.384. The second-order valence-electron chi connectivity index (χ2n) is 5.99. The minimum absolute atomic E-state index is 0.00477. The van der Waals surface area contributed by atoms with Gasteiger partial charge in [0, 0.05) is 28.6 Å². The zero-order chi connectivity index (χ0) is 18.8. The quantitative estimate of drug-likeness (QED) is 0.307. The number of aliphatic imine (C=N–C) groups is 1. The maximum absolute atomic E-state index is 10.9. The third-order valence-electron chi connectivity index (χ3n) is 4.27. The number of rotatable bonds is 4. The van der Waals surface area contributed by atoms with Crippen molar-refractivity contribution in [2.45, 2.75) is 0 Å². The molecule has 0 spiro atoms. The molecule has 4 aromatic rings. The van der Waals surface area contributed by atoms with E-state index in [0.29, 0.717) is 17.0 Å². The molecule has 0 radical (unpaired) electrons. The van der Waals surface area contributed by atoms with Gasteiger partial charge in [0.05, 0.1) is 21.9 Å². The third kappa shape index (κ3) is 3.16. The predicted molar refractivity (Wildman–Crippen MR) is 105 cm³/mol. The molecule has 4 rings (SSSR count). The number of hydrogen-bond acceptors (Lipinski definition) is 4. The fourth-order valence-electron chi connectivity index (χ4n) is 3.01. The van der Waals surface area contributed by atoms with Gasteiger partial charge in [0.15, 0.2) is 5.88 Å². The topological polar surface area (TPSA) is 91.5 Å². The highest BCUT2D eigenvalue weighted by Crippen LogP contribution is 2.31. The zero-order valence-corrected chi connectivity index (χ0v) is 14.2. The number of H-pyrrole nitrogens is 1. The molecule has 6 nitrogen and oxygen atoms in total. The van der Waals surface area contributed by atoms with Crippen LogP contribution in [-0.4, -0.2) is 20.7 Å². The molecule has 132 valence electrons. The van der Waals surface area contributed by atoms with E-state index in [4.69, 9.17) is 4.99 Å². The Labute approximate surface area is 154 Å². The average Bonchev–Trinajstić information content (AvgIpc) is 3.03. The summed E-state index contributed by atoms with van der Waals surface area (Å²) in [5.41, 5.74) is 3.37. The number of non-ortho nitro benzene ring substituents is 1. The number of nitro groups is 1. The van der Waals surface area contributed by atoms with Gasteiger partial charge in [-0.25, -0.2) is 4.99 Å². The molecule has 0 aliphatic rings. The highest BCUT2D eigenvalue weighted by Gasteiger charge is 2.18. The lowest BCUT2D eigenvalue weighted by atomic mass is 10.0. The van der Waals surface area contributed by atoms with E-state index in [9.17, 15) is 15.2 Å². The predicted octanol–water partition coefficient (Wildman–Crippen LogP) is 4.95. The first-order chi connectivity index (χ1) is 13.1. The summed E-state index contributed by atoms with van der Waals surface area (Å²) < 4.78 is 0. The van der Waals surface area contributed by atoms with Crippen LogP contribution in [0.2, 0.25) is 0 Å². The van der Waals surface area contributed by atoms with E-state index in [2.05, 4.69) is 4.98 Å². The first kappa shape index (κ1) is 16.5. The van der Waals surface area contributed by atoms with Crippen molar-refractivity contribution in [2.24, 2.45) is 4.99 Å². The molecule has 0 saturated heterocycles. The van der Waals surface area contributed by atoms with Crippen molar-refractivity contribution in [2.75, 3.05) is 0 Å². The van der Waals surface area contributed by atoms with Crippen LogP contribution in [0.4, 0.5) is 11.4 Å². The van der Waals surface area contributed by atoms with Gasteiger partial charge >= 0.3 is 0 Å². The molecule has 0 fully saturated rings. The minimum atomic E-state index is -0.447. The number of nitrogens with zero attached hydrogens (tertiary/aromatic N) is 2. The lowest BCUT2D eigenvalue weighted by Gasteiger charge is -2.07. The van der Waals surface area contributed by atoms with Crippen molar-refractivity contribution in [3.05, 3.63) is 100 Å². The summed E-state index contributed by atoms with van der Waals surface area (Å²) in [7, 11) is 0. The molecule has 1 heterocycles. The van der Waals surface area contributed by atoms with Crippen LogP contribution in [0.1, 0.15) is 11.1 Å². The molecule has 0 saturated carbocycles. The van der Waals surface area contributed by atoms with Crippen molar-refractivity contribution in [1.82, 2.24) is 4.98 Å². The molecule has 3 aromatic carbocycles. The number of para-hydroxylation sites is 1. The SMILES string of the molecule is O=[N+]([O-])c1ccc(N=C(c2ccccc2)c2c(O)[nH]c3ccccc23)cc1. The van der Waals surface area contributed by atoms with Crippen molar-refractivity contribution >= 4 is 28.0 Å². The van der Waals surface area contributed by atoms with Crippen molar-refractivity contribution in [3.63, 3.8) is 0 Å². The summed E-state index contributed by atoms with van der Waals surface area (Å²) >= 11 is 0. The Hall–Kier alpha value is -3.93. The fourth-order valence-corrected chi connectivity index (χ4v) is 3.01. The van der Waals surface area contributed by atoms with Crippen LogP contribution >= 0.6 is 0 Å². The molecule has 0 aliphatic heterocycles.